The van der Waals surface area contributed by atoms with Crippen molar-refractivity contribution in [2.45, 2.75) is 53.8 Å². The number of aliphatic hydroxyl groups is 5. The number of aryl methyl sites for hydroxylation is 1. The molecule has 5 atom stereocenters. The largest absolute Gasteiger partial charge is 0.396 e. The second kappa shape index (κ2) is 9.48. The van der Waals surface area contributed by atoms with Crippen LogP contribution in [-0.2, 0) is 11.2 Å². The molecule has 1 aliphatic rings. The van der Waals surface area contributed by atoms with Crippen molar-refractivity contribution in [1.82, 2.24) is 4.57 Å². The van der Waals surface area contributed by atoms with Crippen LogP contribution in [0.4, 0.5) is 4.39 Å². The molecule has 5 N–H and O–H groups in total. The first-order valence-electron chi connectivity index (χ1n) is 10.3. The topological polar surface area (TPSA) is 115 Å². The predicted octanol–water partition coefficient (Wildman–Crippen LogP) is 1.75. The van der Waals surface area contributed by atoms with Crippen LogP contribution in [0, 0.1) is 12.7 Å². The molecule has 2 heterocycles. The highest BCUT2D eigenvalue weighted by atomic mass is 32.2. The number of aromatic nitrogens is 1. The van der Waals surface area contributed by atoms with Crippen molar-refractivity contribution >= 4 is 22.7 Å². The van der Waals surface area contributed by atoms with Gasteiger partial charge < -0.3 is 34.8 Å². The number of halogens is 1. The van der Waals surface area contributed by atoms with Crippen molar-refractivity contribution in [3.63, 3.8) is 0 Å². The fourth-order valence-corrected chi connectivity index (χ4v) is 5.01. The van der Waals surface area contributed by atoms with Gasteiger partial charge in [0.05, 0.1) is 12.1 Å². The molecule has 0 spiro atoms. The molecule has 1 saturated heterocycles. The van der Waals surface area contributed by atoms with E-state index < -0.39 is 43.1 Å². The van der Waals surface area contributed by atoms with E-state index in [0.29, 0.717) is 27.8 Å². The van der Waals surface area contributed by atoms with Gasteiger partial charge in [0.2, 0.25) is 0 Å². The second-order valence-electron chi connectivity index (χ2n) is 7.98. The molecule has 0 saturated carbocycles. The van der Waals surface area contributed by atoms with Crippen molar-refractivity contribution < 1.29 is 34.7 Å². The van der Waals surface area contributed by atoms with Crippen LogP contribution in [0.15, 0.2) is 52.4 Å². The van der Waals surface area contributed by atoms with Gasteiger partial charge in [0.15, 0.2) is 6.23 Å². The lowest BCUT2D eigenvalue weighted by molar-refractivity contribution is -0.250. The molecule has 7 nitrogen and oxygen atoms in total. The Balaban J connectivity index is 1.77. The van der Waals surface area contributed by atoms with Crippen LogP contribution >= 0.6 is 11.8 Å². The summed E-state index contributed by atoms with van der Waals surface area (Å²) in [5.41, 5.74) is 2.12. The molecule has 0 amide bonds. The number of hydrogen-bond acceptors (Lipinski definition) is 7. The molecule has 9 heteroatoms. The number of rotatable bonds is 6. The van der Waals surface area contributed by atoms with E-state index in [2.05, 4.69) is 0 Å². The Kier molecular flexibility index (Phi) is 6.87. The summed E-state index contributed by atoms with van der Waals surface area (Å²) in [5, 5.41) is 49.9. The highest BCUT2D eigenvalue weighted by molar-refractivity contribution is 7.99. The van der Waals surface area contributed by atoms with Gasteiger partial charge in [0, 0.05) is 28.0 Å². The SMILES string of the molecule is Cc1cc(F)c2c(Sc3ccc(CCO)cc3)cn([C@@H]3O[C@H](CO)[C@@H](O)[C@H](O)[C@H]3O)c2c1. The quantitative estimate of drug-likeness (QED) is 0.378. The van der Waals surface area contributed by atoms with E-state index in [0.717, 1.165) is 10.5 Å². The van der Waals surface area contributed by atoms with Gasteiger partial charge >= 0.3 is 0 Å². The summed E-state index contributed by atoms with van der Waals surface area (Å²) in [6.07, 6.45) is -4.49. The molecule has 2 aromatic carbocycles. The van der Waals surface area contributed by atoms with Gasteiger partial charge in [0.25, 0.3) is 0 Å². The van der Waals surface area contributed by atoms with Crippen LogP contribution in [-0.4, -0.2) is 67.7 Å². The van der Waals surface area contributed by atoms with E-state index in [1.807, 2.05) is 24.3 Å². The summed E-state index contributed by atoms with van der Waals surface area (Å²) in [7, 11) is 0. The number of aliphatic hydroxyl groups excluding tert-OH is 5. The minimum atomic E-state index is -1.53. The Bertz CT molecular complexity index is 1090. The van der Waals surface area contributed by atoms with Crippen LogP contribution in [0.25, 0.3) is 10.9 Å². The van der Waals surface area contributed by atoms with E-state index in [4.69, 9.17) is 9.84 Å². The molecule has 4 rings (SSSR count). The molecule has 172 valence electrons. The molecule has 0 unspecified atom stereocenters. The summed E-state index contributed by atoms with van der Waals surface area (Å²) in [6.45, 7) is 1.26. The summed E-state index contributed by atoms with van der Waals surface area (Å²) in [5.74, 6) is -0.428. The minimum absolute atomic E-state index is 0.0592. The Morgan fingerprint density at radius 1 is 1.03 bits per heavy atom. The molecular formula is C23H26FNO6S. The van der Waals surface area contributed by atoms with Crippen LogP contribution < -0.4 is 0 Å². The highest BCUT2D eigenvalue weighted by Crippen LogP contribution is 2.40. The van der Waals surface area contributed by atoms with Crippen molar-refractivity contribution in [2.75, 3.05) is 13.2 Å². The van der Waals surface area contributed by atoms with Gasteiger partial charge in [-0.2, -0.15) is 0 Å². The first kappa shape index (κ1) is 23.2. The zero-order valence-electron chi connectivity index (χ0n) is 17.4. The van der Waals surface area contributed by atoms with Crippen LogP contribution in [0.2, 0.25) is 0 Å². The van der Waals surface area contributed by atoms with Crippen molar-refractivity contribution in [1.29, 1.82) is 0 Å². The standard InChI is InChI=1S/C23H26FNO6S/c1-12-8-15(24)19-16(9-12)25(23-22(30)21(29)20(28)17(11-27)31-23)10-18(19)32-14-4-2-13(3-5-14)6-7-26/h2-5,8-10,17,20-23,26-30H,6-7,11H2,1H3/t17-,20-,21+,22-,23-/m1/s1. The third-order valence-corrected chi connectivity index (χ3v) is 6.72. The summed E-state index contributed by atoms with van der Waals surface area (Å²) in [6, 6.07) is 10.8. The monoisotopic (exact) mass is 463 g/mol. The molecule has 0 aliphatic carbocycles. The van der Waals surface area contributed by atoms with Crippen LogP contribution in [0.1, 0.15) is 17.4 Å². The smallest absolute Gasteiger partial charge is 0.163 e. The first-order valence-corrected chi connectivity index (χ1v) is 11.1. The average molecular weight is 464 g/mol. The van der Waals surface area contributed by atoms with Gasteiger partial charge in [-0.1, -0.05) is 23.9 Å². The summed E-state index contributed by atoms with van der Waals surface area (Å²) >= 11 is 1.34. The lowest BCUT2D eigenvalue weighted by Gasteiger charge is -2.40. The van der Waals surface area contributed by atoms with E-state index >= 15 is 4.39 Å². The van der Waals surface area contributed by atoms with Crippen molar-refractivity contribution in [2.24, 2.45) is 0 Å². The molecule has 32 heavy (non-hydrogen) atoms. The first-order chi connectivity index (χ1) is 15.3. The van der Waals surface area contributed by atoms with E-state index in [1.165, 1.54) is 22.4 Å². The van der Waals surface area contributed by atoms with Crippen LogP contribution in [0.3, 0.4) is 0 Å². The van der Waals surface area contributed by atoms with Crippen molar-refractivity contribution in [3.8, 4) is 0 Å². The van der Waals surface area contributed by atoms with Gasteiger partial charge in [0.1, 0.15) is 30.2 Å². The molecule has 1 fully saturated rings. The summed E-state index contributed by atoms with van der Waals surface area (Å²) in [4.78, 5) is 1.45. The molecule has 0 bridgehead atoms. The van der Waals surface area contributed by atoms with Gasteiger partial charge in [-0.15, -0.1) is 0 Å². The fraction of sp³-hybridized carbons (Fsp3) is 0.391. The number of nitrogens with zero attached hydrogens (tertiary/aromatic N) is 1. The number of hydrogen-bond donors (Lipinski definition) is 5. The maximum Gasteiger partial charge on any atom is 0.163 e. The predicted molar refractivity (Wildman–Crippen MR) is 117 cm³/mol. The lowest BCUT2D eigenvalue weighted by Crippen LogP contribution is -2.56. The van der Waals surface area contributed by atoms with Gasteiger partial charge in [-0.25, -0.2) is 4.39 Å². The number of fused-ring (bicyclic) bond motifs is 1. The number of benzene rings is 2. The average Bonchev–Trinajstić information content (AvgIpc) is 3.12. The maximum atomic E-state index is 15.0. The molecule has 0 radical (unpaired) electrons. The highest BCUT2D eigenvalue weighted by Gasteiger charge is 2.44. The third-order valence-electron chi connectivity index (χ3n) is 5.69. The number of ether oxygens (including phenoxy) is 1. The molecule has 3 aromatic rings. The Morgan fingerprint density at radius 2 is 1.75 bits per heavy atom. The minimum Gasteiger partial charge on any atom is -0.396 e. The zero-order valence-corrected chi connectivity index (χ0v) is 18.2. The van der Waals surface area contributed by atoms with Crippen molar-refractivity contribution in [3.05, 3.63) is 59.5 Å². The van der Waals surface area contributed by atoms with Gasteiger partial charge in [-0.3, -0.25) is 0 Å². The van der Waals surface area contributed by atoms with E-state index in [-0.39, 0.29) is 6.61 Å². The third kappa shape index (κ3) is 4.29. The Morgan fingerprint density at radius 3 is 2.41 bits per heavy atom. The lowest BCUT2D eigenvalue weighted by atomic mass is 9.98. The summed E-state index contributed by atoms with van der Waals surface area (Å²) < 4.78 is 22.3. The normalized spacial score (nSPS) is 26.0. The van der Waals surface area contributed by atoms with E-state index in [1.54, 1.807) is 19.2 Å². The maximum absolute atomic E-state index is 15.0. The zero-order chi connectivity index (χ0) is 23.0. The Labute approximate surface area is 188 Å². The molecule has 1 aromatic heterocycles. The molecular weight excluding hydrogens is 437 g/mol. The Hall–Kier alpha value is -1.98. The fourth-order valence-electron chi connectivity index (χ4n) is 4.01. The van der Waals surface area contributed by atoms with Crippen LogP contribution in [0.5, 0.6) is 0 Å². The van der Waals surface area contributed by atoms with E-state index in [9.17, 15) is 20.4 Å². The second-order valence-corrected chi connectivity index (χ2v) is 9.10. The van der Waals surface area contributed by atoms with Gasteiger partial charge in [-0.05, 0) is 48.7 Å². The molecule has 1 aliphatic heterocycles.